The molecule has 0 atom stereocenters. The van der Waals surface area contributed by atoms with Gasteiger partial charge in [-0.25, -0.2) is 4.79 Å². The summed E-state index contributed by atoms with van der Waals surface area (Å²) in [6.07, 6.45) is 1.85. The highest BCUT2D eigenvalue weighted by Crippen LogP contribution is 2.40. The number of rotatable bonds is 7. The van der Waals surface area contributed by atoms with E-state index in [0.717, 1.165) is 26.0 Å². The number of benzene rings is 2. The van der Waals surface area contributed by atoms with Gasteiger partial charge in [-0.05, 0) is 59.2 Å². The number of anilines is 2. The number of esters is 1. The third-order valence-corrected chi connectivity index (χ3v) is 7.27. The molecule has 0 aliphatic carbocycles. The molecule has 4 aromatic rings. The molecule has 0 amide bonds. The Hall–Kier alpha value is -2.72. The van der Waals surface area contributed by atoms with Crippen molar-refractivity contribution in [1.29, 1.82) is 0 Å². The van der Waals surface area contributed by atoms with E-state index in [9.17, 15) is 4.79 Å². The average Bonchev–Trinajstić information content (AvgIpc) is 3.34. The van der Waals surface area contributed by atoms with E-state index in [2.05, 4.69) is 31.7 Å². The minimum atomic E-state index is -0.397. The summed E-state index contributed by atoms with van der Waals surface area (Å²) in [5.41, 5.74) is 3.20. The monoisotopic (exact) mass is 588 g/mol. The van der Waals surface area contributed by atoms with Crippen molar-refractivity contribution in [2.75, 3.05) is 17.2 Å². The highest BCUT2D eigenvalue weighted by molar-refractivity contribution is 9.10. The fourth-order valence-corrected chi connectivity index (χ4v) is 5.53. The molecular weight excluding hydrogens is 568 g/mol. The van der Waals surface area contributed by atoms with Crippen molar-refractivity contribution in [3.05, 3.63) is 86.3 Å². The van der Waals surface area contributed by atoms with Gasteiger partial charge in [0.15, 0.2) is 10.9 Å². The van der Waals surface area contributed by atoms with Crippen molar-refractivity contribution in [1.82, 2.24) is 9.78 Å². The molecule has 2 aromatic heterocycles. The molecule has 35 heavy (non-hydrogen) atoms. The number of ether oxygens (including phenoxy) is 1. The van der Waals surface area contributed by atoms with Crippen LogP contribution in [0.1, 0.15) is 27.7 Å². The number of thiocarbonyl (C=S) groups is 1. The smallest absolute Gasteiger partial charge is 0.341 e. The summed E-state index contributed by atoms with van der Waals surface area (Å²) in [5.74, 6) is 0.148. The summed E-state index contributed by atoms with van der Waals surface area (Å²) in [7, 11) is 0. The molecule has 2 aromatic carbocycles. The predicted octanol–water partition coefficient (Wildman–Crippen LogP) is 7.37. The van der Waals surface area contributed by atoms with Crippen LogP contribution in [0.3, 0.4) is 0 Å². The molecule has 10 heteroatoms. The Bertz CT molecular complexity index is 1370. The van der Waals surface area contributed by atoms with Crippen LogP contribution in [-0.2, 0) is 11.3 Å². The maximum atomic E-state index is 12.9. The Labute approximate surface area is 226 Å². The molecule has 0 radical (unpaired) electrons. The van der Waals surface area contributed by atoms with Crippen LogP contribution in [0.25, 0.3) is 11.1 Å². The van der Waals surface area contributed by atoms with Crippen LogP contribution in [0.2, 0.25) is 5.02 Å². The fraction of sp³-hybridized carbons (Fsp3) is 0.160. The lowest BCUT2D eigenvalue weighted by molar-refractivity contribution is 0.0529. The minimum Gasteiger partial charge on any atom is -0.462 e. The SMILES string of the molecule is CCOC(=O)c1c(NC(=S)Nc2nn(Cc3ccccc3Cl)cc2Br)sc(C)c1-c1ccccc1. The van der Waals surface area contributed by atoms with Gasteiger partial charge in [-0.15, -0.1) is 11.3 Å². The standard InChI is InChI=1S/C25H22BrClN4O2S2/c1-3-33-24(32)21-20(16-9-5-4-6-10-16)15(2)35-23(21)29-25(34)28-22-18(26)14-31(30-22)13-17-11-7-8-12-19(17)27/h4-12,14H,3,13H2,1-2H3,(H2,28,29,30,34). The molecule has 0 saturated carbocycles. The number of hydrogen-bond donors (Lipinski definition) is 2. The molecule has 0 saturated heterocycles. The second-order valence-corrected chi connectivity index (χ2v) is 10.4. The third kappa shape index (κ3) is 5.92. The van der Waals surface area contributed by atoms with E-state index in [4.69, 9.17) is 28.6 Å². The van der Waals surface area contributed by atoms with Gasteiger partial charge in [0.25, 0.3) is 0 Å². The summed E-state index contributed by atoms with van der Waals surface area (Å²) in [6.45, 7) is 4.55. The van der Waals surface area contributed by atoms with Gasteiger partial charge < -0.3 is 15.4 Å². The van der Waals surface area contributed by atoms with Gasteiger partial charge in [0.1, 0.15) is 10.6 Å². The molecule has 0 aliphatic rings. The van der Waals surface area contributed by atoms with Gasteiger partial charge in [0.2, 0.25) is 0 Å². The third-order valence-electron chi connectivity index (χ3n) is 5.09. The lowest BCUT2D eigenvalue weighted by Gasteiger charge is -2.11. The summed E-state index contributed by atoms with van der Waals surface area (Å²) < 4.78 is 7.87. The van der Waals surface area contributed by atoms with Crippen LogP contribution in [0.5, 0.6) is 0 Å². The number of hydrogen-bond acceptors (Lipinski definition) is 5. The predicted molar refractivity (Wildman–Crippen MR) is 151 cm³/mol. The second-order valence-electron chi connectivity index (χ2n) is 7.52. The van der Waals surface area contributed by atoms with Crippen LogP contribution in [-0.4, -0.2) is 27.5 Å². The van der Waals surface area contributed by atoms with Crippen LogP contribution < -0.4 is 10.6 Å². The van der Waals surface area contributed by atoms with Gasteiger partial charge in [0.05, 0.1) is 17.6 Å². The van der Waals surface area contributed by atoms with Gasteiger partial charge in [-0.1, -0.05) is 60.1 Å². The first-order valence-electron chi connectivity index (χ1n) is 10.8. The van der Waals surface area contributed by atoms with E-state index in [1.165, 1.54) is 11.3 Å². The molecule has 2 heterocycles. The van der Waals surface area contributed by atoms with Gasteiger partial charge in [-0.3, -0.25) is 4.68 Å². The number of carbonyl (C=O) groups is 1. The number of aromatic nitrogens is 2. The zero-order valence-electron chi connectivity index (χ0n) is 19.0. The Morgan fingerprint density at radius 3 is 2.60 bits per heavy atom. The zero-order chi connectivity index (χ0) is 24.9. The first kappa shape index (κ1) is 25.4. The summed E-state index contributed by atoms with van der Waals surface area (Å²) >= 11 is 16.8. The van der Waals surface area contributed by atoms with Crippen molar-refractivity contribution in [3.8, 4) is 11.1 Å². The topological polar surface area (TPSA) is 68.2 Å². The molecule has 0 aliphatic heterocycles. The van der Waals surface area contributed by atoms with E-state index in [0.29, 0.717) is 33.1 Å². The number of aryl methyl sites for hydroxylation is 1. The van der Waals surface area contributed by atoms with Crippen molar-refractivity contribution >= 4 is 73.0 Å². The van der Waals surface area contributed by atoms with E-state index in [-0.39, 0.29) is 6.61 Å². The lowest BCUT2D eigenvalue weighted by Crippen LogP contribution is -2.21. The molecular formula is C25H22BrClN4O2S2. The van der Waals surface area contributed by atoms with Crippen LogP contribution in [0.4, 0.5) is 10.8 Å². The zero-order valence-corrected chi connectivity index (χ0v) is 22.9. The van der Waals surface area contributed by atoms with E-state index in [1.807, 2.05) is 67.7 Å². The maximum Gasteiger partial charge on any atom is 0.341 e. The van der Waals surface area contributed by atoms with Crippen molar-refractivity contribution < 1.29 is 9.53 Å². The van der Waals surface area contributed by atoms with Crippen LogP contribution in [0.15, 0.2) is 65.3 Å². The quantitative estimate of drug-likeness (QED) is 0.173. The maximum absolute atomic E-state index is 12.9. The molecule has 0 unspecified atom stereocenters. The largest absolute Gasteiger partial charge is 0.462 e. The molecule has 4 rings (SSSR count). The molecule has 180 valence electrons. The number of carbonyl (C=O) groups excluding carboxylic acids is 1. The van der Waals surface area contributed by atoms with E-state index < -0.39 is 5.97 Å². The Morgan fingerprint density at radius 2 is 1.89 bits per heavy atom. The second kappa shape index (κ2) is 11.3. The highest BCUT2D eigenvalue weighted by atomic mass is 79.9. The first-order valence-corrected chi connectivity index (χ1v) is 13.2. The van der Waals surface area contributed by atoms with Crippen LogP contribution >= 0.6 is 51.1 Å². The summed E-state index contributed by atoms with van der Waals surface area (Å²) in [6, 6.07) is 17.4. The average molecular weight is 590 g/mol. The summed E-state index contributed by atoms with van der Waals surface area (Å²) in [4.78, 5) is 13.9. The first-order chi connectivity index (χ1) is 16.9. The fourth-order valence-electron chi connectivity index (χ4n) is 3.59. The number of nitrogens with zero attached hydrogens (tertiary/aromatic N) is 2. The van der Waals surface area contributed by atoms with Crippen LogP contribution in [0, 0.1) is 6.92 Å². The van der Waals surface area contributed by atoms with Crippen molar-refractivity contribution in [2.45, 2.75) is 20.4 Å². The normalized spacial score (nSPS) is 10.7. The Morgan fingerprint density at radius 1 is 1.17 bits per heavy atom. The van der Waals surface area contributed by atoms with Gasteiger partial charge in [0, 0.05) is 21.7 Å². The molecule has 0 bridgehead atoms. The molecule has 2 N–H and O–H groups in total. The molecule has 6 nitrogen and oxygen atoms in total. The van der Waals surface area contributed by atoms with E-state index >= 15 is 0 Å². The minimum absolute atomic E-state index is 0.278. The number of nitrogens with one attached hydrogen (secondary N) is 2. The molecule has 0 fully saturated rings. The van der Waals surface area contributed by atoms with Crippen molar-refractivity contribution in [2.24, 2.45) is 0 Å². The van der Waals surface area contributed by atoms with Gasteiger partial charge in [-0.2, -0.15) is 5.10 Å². The lowest BCUT2D eigenvalue weighted by atomic mass is 10.0. The summed E-state index contributed by atoms with van der Waals surface area (Å²) in [5, 5.41) is 12.5. The van der Waals surface area contributed by atoms with E-state index in [1.54, 1.807) is 11.6 Å². The van der Waals surface area contributed by atoms with Crippen molar-refractivity contribution in [3.63, 3.8) is 0 Å². The Balaban J connectivity index is 1.56. The Kier molecular flexibility index (Phi) is 8.22. The highest BCUT2D eigenvalue weighted by Gasteiger charge is 2.25. The number of halogens is 2. The van der Waals surface area contributed by atoms with Gasteiger partial charge >= 0.3 is 5.97 Å². The molecule has 0 spiro atoms. The number of thiophene rings is 1.